The first-order chi connectivity index (χ1) is 12.2. The van der Waals surface area contributed by atoms with Gasteiger partial charge < -0.3 is 19.1 Å². The summed E-state index contributed by atoms with van der Waals surface area (Å²) in [6.07, 6.45) is 0. The van der Waals surface area contributed by atoms with Gasteiger partial charge in [-0.25, -0.2) is 0 Å². The molecule has 0 bridgehead atoms. The number of aryl methyl sites for hydroxylation is 1. The van der Waals surface area contributed by atoms with E-state index in [0.717, 1.165) is 11.1 Å². The Bertz CT molecular complexity index is 824. The van der Waals surface area contributed by atoms with Crippen LogP contribution in [0.25, 0.3) is 11.3 Å². The van der Waals surface area contributed by atoms with Gasteiger partial charge in [0.25, 0.3) is 0 Å². The average molecular weight is 339 g/mol. The first-order valence-corrected chi connectivity index (χ1v) is 8.21. The van der Waals surface area contributed by atoms with Gasteiger partial charge in [-0.1, -0.05) is 41.1 Å². The molecule has 2 aromatic carbocycles. The van der Waals surface area contributed by atoms with Gasteiger partial charge in [-0.15, -0.1) is 0 Å². The van der Waals surface area contributed by atoms with E-state index in [9.17, 15) is 5.11 Å². The second-order valence-corrected chi connectivity index (χ2v) is 5.71. The SMILES string of the molecule is CCOc1cc(CO)ccc1OCc1cc(-c2ccc(C)cc2)on1. The minimum Gasteiger partial charge on any atom is -0.490 e. The lowest BCUT2D eigenvalue weighted by atomic mass is 10.1. The molecule has 1 aromatic heterocycles. The molecule has 0 saturated carbocycles. The number of aliphatic hydroxyl groups is 1. The highest BCUT2D eigenvalue weighted by Gasteiger charge is 2.10. The Morgan fingerprint density at radius 2 is 1.80 bits per heavy atom. The molecule has 3 rings (SSSR count). The van der Waals surface area contributed by atoms with Crippen LogP contribution in [0.5, 0.6) is 11.5 Å². The van der Waals surface area contributed by atoms with Crippen LogP contribution in [-0.4, -0.2) is 16.9 Å². The Morgan fingerprint density at radius 3 is 2.52 bits per heavy atom. The summed E-state index contributed by atoms with van der Waals surface area (Å²) in [4.78, 5) is 0. The Morgan fingerprint density at radius 1 is 1.00 bits per heavy atom. The molecule has 25 heavy (non-hydrogen) atoms. The van der Waals surface area contributed by atoms with E-state index in [1.165, 1.54) is 5.56 Å². The zero-order valence-corrected chi connectivity index (χ0v) is 14.4. The molecule has 5 nitrogen and oxygen atoms in total. The van der Waals surface area contributed by atoms with E-state index >= 15 is 0 Å². The molecule has 0 aliphatic rings. The third-order valence-corrected chi connectivity index (χ3v) is 3.76. The van der Waals surface area contributed by atoms with Crippen molar-refractivity contribution in [2.75, 3.05) is 6.61 Å². The van der Waals surface area contributed by atoms with E-state index in [2.05, 4.69) is 5.16 Å². The van der Waals surface area contributed by atoms with Crippen molar-refractivity contribution in [2.45, 2.75) is 27.1 Å². The van der Waals surface area contributed by atoms with Crippen molar-refractivity contribution < 1.29 is 19.1 Å². The van der Waals surface area contributed by atoms with Gasteiger partial charge in [0.15, 0.2) is 17.3 Å². The van der Waals surface area contributed by atoms with Crippen LogP contribution < -0.4 is 9.47 Å². The number of hydrogen-bond acceptors (Lipinski definition) is 5. The minimum absolute atomic E-state index is 0.0381. The molecule has 0 unspecified atom stereocenters. The van der Waals surface area contributed by atoms with Crippen molar-refractivity contribution >= 4 is 0 Å². The molecular weight excluding hydrogens is 318 g/mol. The predicted molar refractivity (Wildman–Crippen MR) is 94.5 cm³/mol. The second-order valence-electron chi connectivity index (χ2n) is 5.71. The number of aromatic nitrogens is 1. The molecule has 0 aliphatic heterocycles. The van der Waals surface area contributed by atoms with E-state index in [0.29, 0.717) is 29.6 Å². The first kappa shape index (κ1) is 17.0. The van der Waals surface area contributed by atoms with Gasteiger partial charge in [0, 0.05) is 11.6 Å². The number of benzene rings is 2. The summed E-state index contributed by atoms with van der Waals surface area (Å²) in [6, 6.07) is 15.3. The highest BCUT2D eigenvalue weighted by Crippen LogP contribution is 2.29. The molecule has 3 aromatic rings. The summed E-state index contributed by atoms with van der Waals surface area (Å²) in [6.45, 7) is 4.70. The van der Waals surface area contributed by atoms with E-state index < -0.39 is 0 Å². The monoisotopic (exact) mass is 339 g/mol. The summed E-state index contributed by atoms with van der Waals surface area (Å²) in [5, 5.41) is 13.3. The highest BCUT2D eigenvalue weighted by molar-refractivity contribution is 5.57. The number of ether oxygens (including phenoxy) is 2. The molecule has 0 saturated heterocycles. The first-order valence-electron chi connectivity index (χ1n) is 8.21. The fourth-order valence-corrected chi connectivity index (χ4v) is 2.42. The average Bonchev–Trinajstić information content (AvgIpc) is 3.10. The summed E-state index contributed by atoms with van der Waals surface area (Å²) >= 11 is 0. The Labute approximate surface area is 146 Å². The summed E-state index contributed by atoms with van der Waals surface area (Å²) < 4.78 is 16.8. The van der Waals surface area contributed by atoms with Crippen LogP contribution in [0.1, 0.15) is 23.7 Å². The highest BCUT2D eigenvalue weighted by atomic mass is 16.5. The van der Waals surface area contributed by atoms with Gasteiger partial charge in [-0.3, -0.25) is 0 Å². The van der Waals surface area contributed by atoms with Crippen molar-refractivity contribution in [1.29, 1.82) is 0 Å². The zero-order chi connectivity index (χ0) is 17.6. The van der Waals surface area contributed by atoms with Crippen molar-refractivity contribution in [3.05, 3.63) is 65.4 Å². The standard InChI is InChI=1S/C20H21NO4/c1-3-23-20-10-15(12-22)6-9-18(20)24-13-17-11-19(25-21-17)16-7-4-14(2)5-8-16/h4-11,22H,3,12-13H2,1-2H3. The largest absolute Gasteiger partial charge is 0.490 e. The summed E-state index contributed by atoms with van der Waals surface area (Å²) in [5.41, 5.74) is 3.65. The topological polar surface area (TPSA) is 64.7 Å². The third kappa shape index (κ3) is 4.19. The second kappa shape index (κ2) is 7.85. The smallest absolute Gasteiger partial charge is 0.167 e. The normalized spacial score (nSPS) is 10.7. The van der Waals surface area contributed by atoms with E-state index in [4.69, 9.17) is 14.0 Å². The lowest BCUT2D eigenvalue weighted by Gasteiger charge is -2.12. The van der Waals surface area contributed by atoms with Gasteiger partial charge in [-0.2, -0.15) is 0 Å². The van der Waals surface area contributed by atoms with E-state index in [1.807, 2.05) is 44.2 Å². The van der Waals surface area contributed by atoms with Crippen LogP contribution >= 0.6 is 0 Å². The number of nitrogens with zero attached hydrogens (tertiary/aromatic N) is 1. The van der Waals surface area contributed by atoms with Crippen molar-refractivity contribution in [3.63, 3.8) is 0 Å². The summed E-state index contributed by atoms with van der Waals surface area (Å²) in [7, 11) is 0. The Hall–Kier alpha value is -2.79. The van der Waals surface area contributed by atoms with Crippen LogP contribution in [0.2, 0.25) is 0 Å². The molecule has 1 heterocycles. The van der Waals surface area contributed by atoms with Crippen molar-refractivity contribution in [3.8, 4) is 22.8 Å². The molecule has 0 fully saturated rings. The molecule has 130 valence electrons. The van der Waals surface area contributed by atoms with Crippen LogP contribution in [-0.2, 0) is 13.2 Å². The number of hydrogen-bond donors (Lipinski definition) is 1. The molecule has 0 amide bonds. The molecule has 0 spiro atoms. The maximum absolute atomic E-state index is 9.24. The Kier molecular flexibility index (Phi) is 5.36. The van der Waals surface area contributed by atoms with Crippen LogP contribution in [0.4, 0.5) is 0 Å². The quantitative estimate of drug-likeness (QED) is 0.701. The molecular formula is C20H21NO4. The van der Waals surface area contributed by atoms with Gasteiger partial charge in [-0.05, 0) is 31.5 Å². The van der Waals surface area contributed by atoms with E-state index in [-0.39, 0.29) is 13.2 Å². The molecule has 0 radical (unpaired) electrons. The van der Waals surface area contributed by atoms with Crippen LogP contribution in [0, 0.1) is 6.92 Å². The van der Waals surface area contributed by atoms with Crippen molar-refractivity contribution in [1.82, 2.24) is 5.16 Å². The Balaban J connectivity index is 1.71. The maximum Gasteiger partial charge on any atom is 0.167 e. The lowest BCUT2D eigenvalue weighted by molar-refractivity contribution is 0.257. The lowest BCUT2D eigenvalue weighted by Crippen LogP contribution is -2.00. The van der Waals surface area contributed by atoms with E-state index in [1.54, 1.807) is 18.2 Å². The molecule has 0 atom stereocenters. The molecule has 1 N–H and O–H groups in total. The minimum atomic E-state index is -0.0381. The third-order valence-electron chi connectivity index (χ3n) is 3.76. The predicted octanol–water partition coefficient (Wildman–Crippen LogP) is 4.12. The van der Waals surface area contributed by atoms with Crippen LogP contribution in [0.15, 0.2) is 53.1 Å². The summed E-state index contributed by atoms with van der Waals surface area (Å²) in [5.74, 6) is 1.93. The van der Waals surface area contributed by atoms with Gasteiger partial charge in [0.2, 0.25) is 0 Å². The van der Waals surface area contributed by atoms with Gasteiger partial charge >= 0.3 is 0 Å². The fraction of sp³-hybridized carbons (Fsp3) is 0.250. The fourth-order valence-electron chi connectivity index (χ4n) is 2.42. The number of rotatable bonds is 7. The molecule has 0 aliphatic carbocycles. The maximum atomic E-state index is 9.24. The van der Waals surface area contributed by atoms with Gasteiger partial charge in [0.05, 0.1) is 13.2 Å². The van der Waals surface area contributed by atoms with Crippen LogP contribution in [0.3, 0.4) is 0 Å². The zero-order valence-electron chi connectivity index (χ0n) is 14.4. The number of aliphatic hydroxyl groups excluding tert-OH is 1. The van der Waals surface area contributed by atoms with Crippen molar-refractivity contribution in [2.24, 2.45) is 0 Å². The molecule has 5 heteroatoms. The van der Waals surface area contributed by atoms with Gasteiger partial charge in [0.1, 0.15) is 12.3 Å².